The average molecular weight is 169 g/mol. The van der Waals surface area contributed by atoms with Crippen LogP contribution in [0.4, 0.5) is 8.78 Å². The first-order chi connectivity index (χ1) is 5.65. The van der Waals surface area contributed by atoms with Crippen molar-refractivity contribution in [3.63, 3.8) is 0 Å². The Labute approximate surface area is 67.7 Å². The Morgan fingerprint density at radius 3 is 2.50 bits per heavy atom. The summed E-state index contributed by atoms with van der Waals surface area (Å²) in [5.41, 5.74) is -0.286. The third kappa shape index (κ3) is 1.51. The fourth-order valence-electron chi connectivity index (χ4n) is 0.798. The second-order valence-electron chi connectivity index (χ2n) is 2.19. The van der Waals surface area contributed by atoms with E-state index in [1.807, 2.05) is 0 Å². The summed E-state index contributed by atoms with van der Waals surface area (Å²) in [5.74, 6) is -0.538. The van der Waals surface area contributed by atoms with Crippen LogP contribution in [0, 0.1) is 11.3 Å². The first kappa shape index (κ1) is 8.47. The van der Waals surface area contributed by atoms with E-state index in [1.54, 1.807) is 6.07 Å². The molecule has 12 heavy (non-hydrogen) atoms. The molecule has 1 aromatic carbocycles. The number of halogens is 2. The molecule has 2 nitrogen and oxygen atoms in total. The minimum atomic E-state index is -2.71. The van der Waals surface area contributed by atoms with Crippen molar-refractivity contribution in [1.82, 2.24) is 0 Å². The lowest BCUT2D eigenvalue weighted by Gasteiger charge is -2.01. The van der Waals surface area contributed by atoms with Crippen LogP contribution in [0.5, 0.6) is 5.75 Å². The quantitative estimate of drug-likeness (QED) is 0.700. The molecule has 0 atom stereocenters. The summed E-state index contributed by atoms with van der Waals surface area (Å²) >= 11 is 0. The van der Waals surface area contributed by atoms with E-state index in [-0.39, 0.29) is 5.56 Å². The Bertz CT molecular complexity index is 330. The van der Waals surface area contributed by atoms with E-state index in [9.17, 15) is 8.78 Å². The van der Waals surface area contributed by atoms with E-state index in [2.05, 4.69) is 0 Å². The van der Waals surface area contributed by atoms with Crippen LogP contribution in [-0.4, -0.2) is 5.11 Å². The van der Waals surface area contributed by atoms with Crippen LogP contribution in [-0.2, 0) is 0 Å². The second kappa shape index (κ2) is 3.18. The molecule has 4 heteroatoms. The van der Waals surface area contributed by atoms with Gasteiger partial charge in [0.2, 0.25) is 0 Å². The number of hydrogen-bond acceptors (Lipinski definition) is 2. The van der Waals surface area contributed by atoms with Crippen molar-refractivity contribution in [2.45, 2.75) is 6.43 Å². The molecule has 1 aromatic rings. The van der Waals surface area contributed by atoms with Gasteiger partial charge in [0.25, 0.3) is 6.43 Å². The number of phenols is 1. The number of nitriles is 1. The fraction of sp³-hybridized carbons (Fsp3) is 0.125. The van der Waals surface area contributed by atoms with Crippen LogP contribution in [0.15, 0.2) is 18.2 Å². The highest BCUT2D eigenvalue weighted by Gasteiger charge is 2.12. The number of rotatable bonds is 1. The Morgan fingerprint density at radius 1 is 1.42 bits per heavy atom. The number of phenolic OH excluding ortho intramolecular Hbond substituents is 1. The van der Waals surface area contributed by atoms with Crippen LogP contribution in [0.2, 0.25) is 0 Å². The average Bonchev–Trinajstić information content (AvgIpc) is 2.03. The van der Waals surface area contributed by atoms with Crippen molar-refractivity contribution in [2.75, 3.05) is 0 Å². The fourth-order valence-corrected chi connectivity index (χ4v) is 0.798. The number of alkyl halides is 2. The summed E-state index contributed by atoms with van der Waals surface area (Å²) in [7, 11) is 0. The minimum Gasteiger partial charge on any atom is -0.507 e. The number of benzene rings is 1. The maximum Gasteiger partial charge on any atom is 0.267 e. The lowest BCUT2D eigenvalue weighted by Crippen LogP contribution is -1.85. The highest BCUT2D eigenvalue weighted by atomic mass is 19.3. The molecule has 0 saturated heterocycles. The topological polar surface area (TPSA) is 44.0 Å². The van der Waals surface area contributed by atoms with Gasteiger partial charge in [-0.25, -0.2) is 8.78 Å². The lowest BCUT2D eigenvalue weighted by molar-refractivity contribution is 0.147. The molecule has 0 heterocycles. The van der Waals surface area contributed by atoms with Gasteiger partial charge in [-0.3, -0.25) is 0 Å². The van der Waals surface area contributed by atoms with Gasteiger partial charge in [-0.05, 0) is 18.2 Å². The summed E-state index contributed by atoms with van der Waals surface area (Å²) in [6.45, 7) is 0. The van der Waals surface area contributed by atoms with E-state index < -0.39 is 17.7 Å². The molecule has 0 amide bonds. The second-order valence-corrected chi connectivity index (χ2v) is 2.19. The summed E-state index contributed by atoms with van der Waals surface area (Å²) in [6, 6.07) is 5.02. The molecule has 0 fully saturated rings. The van der Waals surface area contributed by atoms with Crippen molar-refractivity contribution in [3.8, 4) is 11.8 Å². The largest absolute Gasteiger partial charge is 0.507 e. The first-order valence-electron chi connectivity index (χ1n) is 3.16. The molecular formula is C8H5F2NO. The van der Waals surface area contributed by atoms with Crippen LogP contribution < -0.4 is 0 Å². The lowest BCUT2D eigenvalue weighted by atomic mass is 10.1. The molecular weight excluding hydrogens is 164 g/mol. The van der Waals surface area contributed by atoms with E-state index in [0.29, 0.717) is 0 Å². The van der Waals surface area contributed by atoms with Crippen molar-refractivity contribution in [3.05, 3.63) is 29.3 Å². The molecule has 62 valence electrons. The van der Waals surface area contributed by atoms with Gasteiger partial charge in [0.1, 0.15) is 5.75 Å². The molecule has 1 rings (SSSR count). The monoisotopic (exact) mass is 169 g/mol. The van der Waals surface area contributed by atoms with Crippen molar-refractivity contribution < 1.29 is 13.9 Å². The van der Waals surface area contributed by atoms with Gasteiger partial charge in [-0.15, -0.1) is 0 Å². The normalized spacial score (nSPS) is 9.83. The molecule has 0 radical (unpaired) electrons. The van der Waals surface area contributed by atoms with Crippen LogP contribution in [0.3, 0.4) is 0 Å². The standard InChI is InChI=1S/C8H5F2NO/c9-8(10)6-2-1-5(4-11)3-7(6)12/h1-3,8,12H. The van der Waals surface area contributed by atoms with Crippen LogP contribution in [0.25, 0.3) is 0 Å². The predicted octanol–water partition coefficient (Wildman–Crippen LogP) is 2.20. The summed E-state index contributed by atoms with van der Waals surface area (Å²) in [5, 5.41) is 17.3. The molecule has 0 spiro atoms. The molecule has 0 aromatic heterocycles. The van der Waals surface area contributed by atoms with Crippen molar-refractivity contribution >= 4 is 0 Å². The van der Waals surface area contributed by atoms with Gasteiger partial charge in [-0.1, -0.05) is 0 Å². The van der Waals surface area contributed by atoms with Gasteiger partial charge in [-0.2, -0.15) is 5.26 Å². The third-order valence-electron chi connectivity index (χ3n) is 1.39. The van der Waals surface area contributed by atoms with E-state index in [0.717, 1.165) is 12.1 Å². The van der Waals surface area contributed by atoms with Gasteiger partial charge in [0, 0.05) is 0 Å². The zero-order valence-corrected chi connectivity index (χ0v) is 5.96. The maximum absolute atomic E-state index is 12.0. The molecule has 0 aliphatic rings. The SMILES string of the molecule is N#Cc1ccc(C(F)F)c(O)c1. The highest BCUT2D eigenvalue weighted by Crippen LogP contribution is 2.28. The number of nitrogens with zero attached hydrogens (tertiary/aromatic N) is 1. The molecule has 0 aliphatic carbocycles. The molecule has 1 N–H and O–H groups in total. The van der Waals surface area contributed by atoms with E-state index >= 15 is 0 Å². The zero-order chi connectivity index (χ0) is 9.14. The maximum atomic E-state index is 12.0. The zero-order valence-electron chi connectivity index (χ0n) is 5.96. The Hall–Kier alpha value is -1.63. The number of hydrogen-bond donors (Lipinski definition) is 1. The van der Waals surface area contributed by atoms with Gasteiger partial charge in [0.05, 0.1) is 17.2 Å². The number of aromatic hydroxyl groups is 1. The summed E-state index contributed by atoms with van der Waals surface area (Å²) in [6.07, 6.45) is -2.71. The van der Waals surface area contributed by atoms with E-state index in [1.165, 1.54) is 6.07 Å². The highest BCUT2D eigenvalue weighted by molar-refractivity contribution is 5.41. The minimum absolute atomic E-state index is 0.164. The molecule has 0 aliphatic heterocycles. The molecule has 0 saturated carbocycles. The summed E-state index contributed by atoms with van der Waals surface area (Å²) in [4.78, 5) is 0. The van der Waals surface area contributed by atoms with Crippen molar-refractivity contribution in [1.29, 1.82) is 5.26 Å². The Kier molecular flexibility index (Phi) is 2.24. The Balaban J connectivity index is 3.14. The van der Waals surface area contributed by atoms with Crippen LogP contribution >= 0.6 is 0 Å². The first-order valence-corrected chi connectivity index (χ1v) is 3.16. The molecule has 0 unspecified atom stereocenters. The summed E-state index contributed by atoms with van der Waals surface area (Å²) < 4.78 is 24.0. The molecule has 0 bridgehead atoms. The Morgan fingerprint density at radius 2 is 2.08 bits per heavy atom. The van der Waals surface area contributed by atoms with Crippen LogP contribution in [0.1, 0.15) is 17.6 Å². The van der Waals surface area contributed by atoms with E-state index in [4.69, 9.17) is 10.4 Å². The van der Waals surface area contributed by atoms with Crippen molar-refractivity contribution in [2.24, 2.45) is 0 Å². The third-order valence-corrected chi connectivity index (χ3v) is 1.39. The smallest absolute Gasteiger partial charge is 0.267 e. The van der Waals surface area contributed by atoms with Gasteiger partial charge < -0.3 is 5.11 Å². The predicted molar refractivity (Wildman–Crippen MR) is 37.8 cm³/mol. The van der Waals surface area contributed by atoms with Gasteiger partial charge >= 0.3 is 0 Å². The van der Waals surface area contributed by atoms with Gasteiger partial charge in [0.15, 0.2) is 0 Å².